The Balaban J connectivity index is 2.34. The molecule has 3 rings (SSSR count). The molecule has 1 aromatic heterocycles. The maximum Gasteiger partial charge on any atom is 0.336 e. The monoisotopic (exact) mass is 317 g/mol. The van der Waals surface area contributed by atoms with Gasteiger partial charge in [-0.3, -0.25) is 0 Å². The van der Waals surface area contributed by atoms with E-state index >= 15 is 0 Å². The van der Waals surface area contributed by atoms with Gasteiger partial charge in [-0.15, -0.1) is 0 Å². The highest BCUT2D eigenvalue weighted by Gasteiger charge is 2.14. The van der Waals surface area contributed by atoms with Crippen LogP contribution in [-0.2, 0) is 0 Å². The Labute approximate surface area is 130 Å². The summed E-state index contributed by atoms with van der Waals surface area (Å²) in [5.41, 5.74) is 1.93. The number of benzene rings is 2. The Kier molecular flexibility index (Phi) is 3.53. The topological polar surface area (TPSA) is 50.2 Å². The molecule has 1 N–H and O–H groups in total. The number of aromatic nitrogens is 1. The molecule has 0 spiro atoms. The van der Waals surface area contributed by atoms with Crippen LogP contribution >= 0.6 is 23.2 Å². The van der Waals surface area contributed by atoms with Gasteiger partial charge < -0.3 is 5.11 Å². The number of nitrogens with zero attached hydrogens (tertiary/aromatic N) is 1. The lowest BCUT2D eigenvalue weighted by Gasteiger charge is -2.08. The summed E-state index contributed by atoms with van der Waals surface area (Å²) < 4.78 is 0. The van der Waals surface area contributed by atoms with Crippen LogP contribution in [0.15, 0.2) is 48.5 Å². The maximum absolute atomic E-state index is 11.5. The number of carboxylic acids is 1. The predicted octanol–water partition coefficient (Wildman–Crippen LogP) is 4.91. The van der Waals surface area contributed by atoms with Gasteiger partial charge in [-0.05, 0) is 30.3 Å². The van der Waals surface area contributed by atoms with Crippen LogP contribution in [0.5, 0.6) is 0 Å². The van der Waals surface area contributed by atoms with Crippen molar-refractivity contribution in [3.8, 4) is 11.3 Å². The van der Waals surface area contributed by atoms with Crippen LogP contribution in [0, 0.1) is 0 Å². The van der Waals surface area contributed by atoms with E-state index in [4.69, 9.17) is 23.2 Å². The smallest absolute Gasteiger partial charge is 0.336 e. The number of carbonyl (C=O) groups is 1. The number of halogens is 2. The molecule has 0 atom stereocenters. The highest BCUT2D eigenvalue weighted by Crippen LogP contribution is 2.30. The Bertz CT molecular complexity index is 862. The van der Waals surface area contributed by atoms with Gasteiger partial charge in [0.15, 0.2) is 0 Å². The lowest BCUT2D eigenvalue weighted by Crippen LogP contribution is -2.00. The van der Waals surface area contributed by atoms with Crippen molar-refractivity contribution >= 4 is 40.1 Å². The Morgan fingerprint density at radius 1 is 1.05 bits per heavy atom. The van der Waals surface area contributed by atoms with E-state index in [1.807, 2.05) is 12.1 Å². The summed E-state index contributed by atoms with van der Waals surface area (Å²) in [6.07, 6.45) is 0. The van der Waals surface area contributed by atoms with Gasteiger partial charge in [0.2, 0.25) is 0 Å². The lowest BCUT2D eigenvalue weighted by atomic mass is 10.0. The second kappa shape index (κ2) is 5.35. The van der Waals surface area contributed by atoms with Crippen molar-refractivity contribution in [2.45, 2.75) is 0 Å². The minimum Gasteiger partial charge on any atom is -0.478 e. The normalized spacial score (nSPS) is 10.8. The minimum atomic E-state index is -1.03. The van der Waals surface area contributed by atoms with Crippen LogP contribution in [0.25, 0.3) is 22.2 Å². The van der Waals surface area contributed by atoms with Crippen molar-refractivity contribution in [1.29, 1.82) is 0 Å². The molecule has 3 nitrogen and oxygen atoms in total. The Morgan fingerprint density at radius 2 is 1.81 bits per heavy atom. The van der Waals surface area contributed by atoms with E-state index in [9.17, 15) is 9.90 Å². The van der Waals surface area contributed by atoms with E-state index in [-0.39, 0.29) is 5.56 Å². The third-order valence-electron chi connectivity index (χ3n) is 3.15. The first-order valence-corrected chi connectivity index (χ1v) is 6.90. The van der Waals surface area contributed by atoms with Crippen LogP contribution in [-0.4, -0.2) is 16.1 Å². The summed E-state index contributed by atoms with van der Waals surface area (Å²) in [5, 5.41) is 10.9. The van der Waals surface area contributed by atoms with Gasteiger partial charge in [-0.2, -0.15) is 0 Å². The van der Waals surface area contributed by atoms with E-state index in [2.05, 4.69) is 4.98 Å². The standard InChI is InChI=1S/C16H9Cl2NO2/c17-9-5-6-14-11(7-9)12(16(20)21)8-15(19-14)10-3-1-2-4-13(10)18/h1-8H,(H,20,21). The summed E-state index contributed by atoms with van der Waals surface area (Å²) in [6.45, 7) is 0. The molecule has 0 aliphatic rings. The van der Waals surface area contributed by atoms with Crippen LogP contribution in [0.2, 0.25) is 10.0 Å². The number of hydrogen-bond acceptors (Lipinski definition) is 2. The molecule has 0 radical (unpaired) electrons. The number of fused-ring (bicyclic) bond motifs is 1. The molecule has 0 saturated carbocycles. The molecule has 5 heteroatoms. The molecule has 0 aliphatic heterocycles. The molecular formula is C16H9Cl2NO2. The predicted molar refractivity (Wildman–Crippen MR) is 84.2 cm³/mol. The van der Waals surface area contributed by atoms with Crippen molar-refractivity contribution in [2.24, 2.45) is 0 Å². The SMILES string of the molecule is O=C(O)c1cc(-c2ccccc2Cl)nc2ccc(Cl)cc12. The molecule has 0 saturated heterocycles. The molecule has 2 aromatic carbocycles. The molecule has 0 aliphatic carbocycles. The van der Waals surface area contributed by atoms with Crippen LogP contribution in [0.1, 0.15) is 10.4 Å². The largest absolute Gasteiger partial charge is 0.478 e. The third-order valence-corrected chi connectivity index (χ3v) is 3.72. The molecule has 104 valence electrons. The molecule has 0 fully saturated rings. The average Bonchev–Trinajstić information content (AvgIpc) is 2.46. The fourth-order valence-electron chi connectivity index (χ4n) is 2.18. The van der Waals surface area contributed by atoms with Crippen molar-refractivity contribution in [3.05, 3.63) is 64.1 Å². The first-order chi connectivity index (χ1) is 10.1. The second-order valence-corrected chi connectivity index (χ2v) is 5.35. The lowest BCUT2D eigenvalue weighted by molar-refractivity contribution is 0.0699. The van der Waals surface area contributed by atoms with E-state index in [1.54, 1.807) is 30.3 Å². The van der Waals surface area contributed by atoms with Crippen molar-refractivity contribution in [3.63, 3.8) is 0 Å². The second-order valence-electron chi connectivity index (χ2n) is 4.50. The van der Waals surface area contributed by atoms with Gasteiger partial charge in [0.25, 0.3) is 0 Å². The van der Waals surface area contributed by atoms with Crippen LogP contribution in [0.3, 0.4) is 0 Å². The Hall–Kier alpha value is -2.10. The quantitative estimate of drug-likeness (QED) is 0.730. The molecule has 21 heavy (non-hydrogen) atoms. The van der Waals surface area contributed by atoms with Gasteiger partial charge in [0.1, 0.15) is 0 Å². The summed E-state index contributed by atoms with van der Waals surface area (Å²) in [5.74, 6) is -1.03. The van der Waals surface area contributed by atoms with Crippen molar-refractivity contribution < 1.29 is 9.90 Å². The zero-order valence-corrected chi connectivity index (χ0v) is 12.2. The first kappa shape index (κ1) is 13.9. The average molecular weight is 318 g/mol. The first-order valence-electron chi connectivity index (χ1n) is 6.15. The van der Waals surface area contributed by atoms with E-state index in [0.717, 1.165) is 0 Å². The van der Waals surface area contributed by atoms with E-state index in [1.165, 1.54) is 6.07 Å². The number of carboxylic acid groups (broad SMARTS) is 1. The van der Waals surface area contributed by atoms with Crippen LogP contribution < -0.4 is 0 Å². The summed E-state index contributed by atoms with van der Waals surface area (Å²) in [4.78, 5) is 16.0. The number of hydrogen-bond donors (Lipinski definition) is 1. The fraction of sp³-hybridized carbons (Fsp3) is 0. The van der Waals surface area contributed by atoms with Gasteiger partial charge in [-0.25, -0.2) is 9.78 Å². The molecule has 1 heterocycles. The van der Waals surface area contributed by atoms with Gasteiger partial charge in [0.05, 0.1) is 16.8 Å². The molecule has 0 amide bonds. The minimum absolute atomic E-state index is 0.150. The molecule has 3 aromatic rings. The van der Waals surface area contributed by atoms with Crippen molar-refractivity contribution in [2.75, 3.05) is 0 Å². The van der Waals surface area contributed by atoms with Gasteiger partial charge >= 0.3 is 5.97 Å². The maximum atomic E-state index is 11.5. The van der Waals surface area contributed by atoms with Gasteiger partial charge in [0, 0.05) is 21.0 Å². The van der Waals surface area contributed by atoms with Crippen molar-refractivity contribution in [1.82, 2.24) is 4.98 Å². The fourth-order valence-corrected chi connectivity index (χ4v) is 2.59. The van der Waals surface area contributed by atoms with E-state index in [0.29, 0.717) is 32.2 Å². The van der Waals surface area contributed by atoms with E-state index < -0.39 is 5.97 Å². The molecule has 0 bridgehead atoms. The number of rotatable bonds is 2. The zero-order valence-electron chi connectivity index (χ0n) is 10.7. The highest BCUT2D eigenvalue weighted by atomic mass is 35.5. The van der Waals surface area contributed by atoms with Crippen LogP contribution in [0.4, 0.5) is 0 Å². The molecule has 0 unspecified atom stereocenters. The Morgan fingerprint density at radius 3 is 2.52 bits per heavy atom. The number of aromatic carboxylic acids is 1. The molecular weight excluding hydrogens is 309 g/mol. The third kappa shape index (κ3) is 2.58. The zero-order chi connectivity index (χ0) is 15.0. The summed E-state index contributed by atoms with van der Waals surface area (Å²) in [6, 6.07) is 13.7. The summed E-state index contributed by atoms with van der Waals surface area (Å²) in [7, 11) is 0. The summed E-state index contributed by atoms with van der Waals surface area (Å²) >= 11 is 12.1. The van der Waals surface area contributed by atoms with Gasteiger partial charge in [-0.1, -0.05) is 41.4 Å². The highest BCUT2D eigenvalue weighted by molar-refractivity contribution is 6.33. The number of pyridine rings is 1.